The topological polar surface area (TPSA) is 29.5 Å². The molecule has 0 aromatic heterocycles. The second-order valence-corrected chi connectivity index (χ2v) is 5.64. The van der Waals surface area contributed by atoms with Crippen molar-refractivity contribution in [2.45, 2.75) is 25.9 Å². The Hall–Kier alpha value is -1.39. The Morgan fingerprint density at radius 1 is 1.19 bits per heavy atom. The highest BCUT2D eigenvalue weighted by Gasteiger charge is 2.12. The number of rotatable bonds is 6. The summed E-state index contributed by atoms with van der Waals surface area (Å²) in [6, 6.07) is 12.2. The van der Waals surface area contributed by atoms with Gasteiger partial charge in [-0.25, -0.2) is 4.39 Å². The molecule has 0 spiro atoms. The minimum absolute atomic E-state index is 0.317. The molecule has 0 radical (unpaired) electrons. The van der Waals surface area contributed by atoms with Crippen LogP contribution in [0.15, 0.2) is 46.9 Å². The molecule has 2 aromatic rings. The maximum absolute atomic E-state index is 13.5. The van der Waals surface area contributed by atoms with E-state index < -0.39 is 6.10 Å². The van der Waals surface area contributed by atoms with Gasteiger partial charge in [0, 0.05) is 6.42 Å². The summed E-state index contributed by atoms with van der Waals surface area (Å²) in [6.07, 6.45) is 0.634. The van der Waals surface area contributed by atoms with Gasteiger partial charge in [-0.05, 0) is 51.7 Å². The number of hydrogen-bond donors (Lipinski definition) is 1. The molecule has 112 valence electrons. The zero-order valence-corrected chi connectivity index (χ0v) is 13.4. The third kappa shape index (κ3) is 4.29. The molecular weight excluding hydrogens is 335 g/mol. The molecule has 1 N–H and O–H groups in total. The van der Waals surface area contributed by atoms with Crippen LogP contribution >= 0.6 is 15.9 Å². The highest BCUT2D eigenvalue weighted by atomic mass is 79.9. The Morgan fingerprint density at radius 2 is 1.90 bits per heavy atom. The molecule has 0 saturated heterocycles. The van der Waals surface area contributed by atoms with Crippen molar-refractivity contribution in [3.05, 3.63) is 63.9 Å². The predicted octanol–water partition coefficient (Wildman–Crippen LogP) is 4.65. The van der Waals surface area contributed by atoms with E-state index in [2.05, 4.69) is 22.9 Å². The van der Waals surface area contributed by atoms with E-state index in [-0.39, 0.29) is 5.82 Å². The van der Waals surface area contributed by atoms with Crippen molar-refractivity contribution >= 4 is 15.9 Å². The predicted molar refractivity (Wildman–Crippen MR) is 85.0 cm³/mol. The fourth-order valence-corrected chi connectivity index (χ4v) is 2.46. The Kier molecular flexibility index (Phi) is 5.76. The lowest BCUT2D eigenvalue weighted by Gasteiger charge is -2.13. The molecule has 4 heteroatoms. The quantitative estimate of drug-likeness (QED) is 0.819. The third-order valence-corrected chi connectivity index (χ3v) is 4.07. The Bertz CT molecular complexity index is 584. The zero-order valence-electron chi connectivity index (χ0n) is 11.9. The van der Waals surface area contributed by atoms with Gasteiger partial charge in [-0.1, -0.05) is 31.2 Å². The minimum Gasteiger partial charge on any atom is -0.494 e. The summed E-state index contributed by atoms with van der Waals surface area (Å²) < 4.78 is 19.4. The van der Waals surface area contributed by atoms with Gasteiger partial charge in [0.25, 0.3) is 0 Å². The van der Waals surface area contributed by atoms with Crippen LogP contribution in [0.2, 0.25) is 0 Å². The van der Waals surface area contributed by atoms with Crippen LogP contribution in [0, 0.1) is 5.82 Å². The van der Waals surface area contributed by atoms with Crippen LogP contribution in [0.25, 0.3) is 0 Å². The van der Waals surface area contributed by atoms with Crippen molar-refractivity contribution < 1.29 is 14.2 Å². The number of aliphatic hydroxyl groups excluding tert-OH is 1. The van der Waals surface area contributed by atoms with E-state index in [0.717, 1.165) is 23.3 Å². The van der Waals surface area contributed by atoms with Crippen LogP contribution in [0.4, 0.5) is 4.39 Å². The first-order chi connectivity index (χ1) is 10.1. The lowest BCUT2D eigenvalue weighted by molar-refractivity contribution is 0.178. The lowest BCUT2D eigenvalue weighted by Crippen LogP contribution is -2.03. The summed E-state index contributed by atoms with van der Waals surface area (Å²) in [5.41, 5.74) is 1.53. The maximum atomic E-state index is 13.5. The molecule has 0 aliphatic rings. The molecule has 0 aliphatic heterocycles. The number of hydrogen-bond acceptors (Lipinski definition) is 2. The van der Waals surface area contributed by atoms with Crippen molar-refractivity contribution in [1.29, 1.82) is 0 Å². The molecule has 1 unspecified atom stereocenters. The summed E-state index contributed by atoms with van der Waals surface area (Å²) in [7, 11) is 0. The minimum atomic E-state index is -0.677. The van der Waals surface area contributed by atoms with E-state index in [4.69, 9.17) is 4.74 Å². The lowest BCUT2D eigenvalue weighted by atomic mass is 10.0. The van der Waals surface area contributed by atoms with E-state index in [0.29, 0.717) is 17.5 Å². The fourth-order valence-electron chi connectivity index (χ4n) is 2.04. The molecule has 0 bridgehead atoms. The Labute approximate surface area is 132 Å². The highest BCUT2D eigenvalue weighted by molar-refractivity contribution is 9.10. The first kappa shape index (κ1) is 16.0. The van der Waals surface area contributed by atoms with Crippen LogP contribution in [-0.4, -0.2) is 11.7 Å². The van der Waals surface area contributed by atoms with Gasteiger partial charge in [0.05, 0.1) is 17.2 Å². The monoisotopic (exact) mass is 352 g/mol. The molecule has 0 amide bonds. The second kappa shape index (κ2) is 7.57. The summed E-state index contributed by atoms with van der Waals surface area (Å²) in [5.74, 6) is 0.475. The molecule has 0 heterocycles. The van der Waals surface area contributed by atoms with Crippen molar-refractivity contribution in [2.75, 3.05) is 6.61 Å². The maximum Gasteiger partial charge on any atom is 0.137 e. The molecule has 21 heavy (non-hydrogen) atoms. The number of ether oxygens (including phenoxy) is 1. The van der Waals surface area contributed by atoms with Gasteiger partial charge < -0.3 is 9.84 Å². The third-order valence-electron chi connectivity index (χ3n) is 3.18. The van der Waals surface area contributed by atoms with Crippen LogP contribution in [0.5, 0.6) is 5.75 Å². The first-order valence-electron chi connectivity index (χ1n) is 6.95. The number of halogens is 2. The molecule has 1 atom stereocenters. The molecule has 2 nitrogen and oxygen atoms in total. The summed E-state index contributed by atoms with van der Waals surface area (Å²) >= 11 is 3.22. The largest absolute Gasteiger partial charge is 0.494 e. The normalized spacial score (nSPS) is 12.2. The smallest absolute Gasteiger partial charge is 0.137 e. The summed E-state index contributed by atoms with van der Waals surface area (Å²) in [6.45, 7) is 2.73. The second-order valence-electron chi connectivity index (χ2n) is 4.85. The Balaban J connectivity index is 2.06. The van der Waals surface area contributed by atoms with Gasteiger partial charge in [0.15, 0.2) is 0 Å². The number of benzene rings is 2. The van der Waals surface area contributed by atoms with Crippen LogP contribution in [0.1, 0.15) is 30.6 Å². The fraction of sp³-hybridized carbons (Fsp3) is 0.294. The van der Waals surface area contributed by atoms with E-state index in [1.54, 1.807) is 12.1 Å². The zero-order chi connectivity index (χ0) is 15.2. The van der Waals surface area contributed by atoms with Crippen molar-refractivity contribution in [1.82, 2.24) is 0 Å². The molecule has 0 saturated carbocycles. The molecule has 0 fully saturated rings. The molecule has 2 aromatic carbocycles. The molecular formula is C17H18BrFO2. The van der Waals surface area contributed by atoms with Gasteiger partial charge in [-0.2, -0.15) is 0 Å². The highest BCUT2D eigenvalue weighted by Crippen LogP contribution is 2.26. The Morgan fingerprint density at radius 3 is 2.57 bits per heavy atom. The summed E-state index contributed by atoms with van der Waals surface area (Å²) in [4.78, 5) is 0. The van der Waals surface area contributed by atoms with Gasteiger partial charge in [-0.15, -0.1) is 0 Å². The molecule has 2 rings (SSSR count). The van der Waals surface area contributed by atoms with E-state index in [1.807, 2.05) is 24.3 Å². The average molecular weight is 353 g/mol. The van der Waals surface area contributed by atoms with Crippen molar-refractivity contribution in [2.24, 2.45) is 0 Å². The molecule has 0 aliphatic carbocycles. The number of aliphatic hydroxyl groups is 1. The van der Waals surface area contributed by atoms with E-state index >= 15 is 0 Å². The standard InChI is InChI=1S/C17H18BrFO2/c1-2-10-21-14-8-6-12(7-9-14)16(20)11-13-4-3-5-15(19)17(13)18/h3-9,16,20H,2,10-11H2,1H3. The van der Waals surface area contributed by atoms with E-state index in [9.17, 15) is 9.50 Å². The van der Waals surface area contributed by atoms with Crippen LogP contribution in [0.3, 0.4) is 0 Å². The SMILES string of the molecule is CCCOc1ccc(C(O)Cc2cccc(F)c2Br)cc1. The van der Waals surface area contributed by atoms with Crippen molar-refractivity contribution in [3.63, 3.8) is 0 Å². The van der Waals surface area contributed by atoms with E-state index in [1.165, 1.54) is 6.07 Å². The van der Waals surface area contributed by atoms with Gasteiger partial charge in [0.2, 0.25) is 0 Å². The van der Waals surface area contributed by atoms with Gasteiger partial charge in [-0.3, -0.25) is 0 Å². The van der Waals surface area contributed by atoms with Crippen molar-refractivity contribution in [3.8, 4) is 5.75 Å². The van der Waals surface area contributed by atoms with Crippen LogP contribution < -0.4 is 4.74 Å². The average Bonchev–Trinajstić information content (AvgIpc) is 2.50. The van der Waals surface area contributed by atoms with Crippen LogP contribution in [-0.2, 0) is 6.42 Å². The first-order valence-corrected chi connectivity index (χ1v) is 7.74. The van der Waals surface area contributed by atoms with Gasteiger partial charge >= 0.3 is 0 Å². The summed E-state index contributed by atoms with van der Waals surface area (Å²) in [5, 5.41) is 10.3. The van der Waals surface area contributed by atoms with Gasteiger partial charge in [0.1, 0.15) is 11.6 Å².